The highest BCUT2D eigenvalue weighted by Gasteiger charge is 2.27. The Morgan fingerprint density at radius 1 is 1.16 bits per heavy atom. The Labute approximate surface area is 148 Å². The third-order valence-electron chi connectivity index (χ3n) is 4.47. The SMILES string of the molecule is CCCN1CC(c2cccc(NS(=O)(=O)c3cccc(CF)c3)c2)C1. The number of likely N-dealkylation sites (tertiary alicyclic amines) is 1. The first kappa shape index (κ1) is 17.9. The van der Waals surface area contributed by atoms with Crippen molar-refractivity contribution in [2.45, 2.75) is 30.8 Å². The molecule has 1 N–H and O–H groups in total. The van der Waals surface area contributed by atoms with Crippen LogP contribution < -0.4 is 4.72 Å². The molecule has 3 rings (SSSR count). The van der Waals surface area contributed by atoms with Gasteiger partial charge in [-0.3, -0.25) is 4.72 Å². The first-order valence-corrected chi connectivity index (χ1v) is 10.00. The van der Waals surface area contributed by atoms with Crippen molar-refractivity contribution >= 4 is 15.7 Å². The predicted octanol–water partition coefficient (Wildman–Crippen LogP) is 3.77. The van der Waals surface area contributed by atoms with Crippen LogP contribution in [0.1, 0.15) is 30.4 Å². The lowest BCUT2D eigenvalue weighted by molar-refractivity contribution is 0.149. The molecule has 0 spiro atoms. The molecule has 0 saturated carbocycles. The van der Waals surface area contributed by atoms with Crippen molar-refractivity contribution in [3.8, 4) is 0 Å². The molecule has 1 aliphatic heterocycles. The van der Waals surface area contributed by atoms with E-state index < -0.39 is 16.7 Å². The summed E-state index contributed by atoms with van der Waals surface area (Å²) in [6.07, 6.45) is 1.14. The molecule has 1 fully saturated rings. The average Bonchev–Trinajstić information content (AvgIpc) is 2.57. The number of hydrogen-bond acceptors (Lipinski definition) is 3. The first-order valence-electron chi connectivity index (χ1n) is 8.52. The third-order valence-corrected chi connectivity index (χ3v) is 5.85. The second-order valence-corrected chi connectivity index (χ2v) is 8.15. The lowest BCUT2D eigenvalue weighted by Gasteiger charge is -2.39. The van der Waals surface area contributed by atoms with Gasteiger partial charge in [-0.15, -0.1) is 0 Å². The number of nitrogens with one attached hydrogen (secondary N) is 1. The van der Waals surface area contributed by atoms with Crippen LogP contribution in [0.3, 0.4) is 0 Å². The van der Waals surface area contributed by atoms with Crippen LogP contribution in [0.15, 0.2) is 53.4 Å². The number of rotatable bonds is 7. The van der Waals surface area contributed by atoms with E-state index in [0.717, 1.165) is 31.6 Å². The molecule has 0 radical (unpaired) electrons. The minimum absolute atomic E-state index is 0.0748. The summed E-state index contributed by atoms with van der Waals surface area (Å²) in [7, 11) is -3.72. The predicted molar refractivity (Wildman–Crippen MR) is 98.0 cm³/mol. The zero-order chi connectivity index (χ0) is 17.9. The van der Waals surface area contributed by atoms with Crippen LogP contribution >= 0.6 is 0 Å². The number of hydrogen-bond donors (Lipinski definition) is 1. The fourth-order valence-electron chi connectivity index (χ4n) is 3.15. The minimum atomic E-state index is -3.72. The van der Waals surface area contributed by atoms with Crippen molar-refractivity contribution in [2.75, 3.05) is 24.4 Å². The van der Waals surface area contributed by atoms with E-state index in [9.17, 15) is 12.8 Å². The van der Waals surface area contributed by atoms with Crippen molar-refractivity contribution in [2.24, 2.45) is 0 Å². The molecule has 0 atom stereocenters. The Bertz CT molecular complexity index is 833. The molecule has 1 aliphatic rings. The summed E-state index contributed by atoms with van der Waals surface area (Å²) < 4.78 is 40.4. The average molecular weight is 362 g/mol. The molecule has 0 unspecified atom stereocenters. The van der Waals surface area contributed by atoms with Crippen molar-refractivity contribution in [3.63, 3.8) is 0 Å². The molecule has 1 saturated heterocycles. The summed E-state index contributed by atoms with van der Waals surface area (Å²) in [4.78, 5) is 2.47. The molecule has 0 bridgehead atoms. The van der Waals surface area contributed by atoms with Gasteiger partial charge < -0.3 is 4.90 Å². The maximum absolute atomic E-state index is 12.8. The van der Waals surface area contributed by atoms with Gasteiger partial charge in [0, 0.05) is 24.7 Å². The van der Waals surface area contributed by atoms with Gasteiger partial charge in [0.2, 0.25) is 0 Å². The van der Waals surface area contributed by atoms with Crippen molar-refractivity contribution in [1.82, 2.24) is 4.90 Å². The molecule has 2 aromatic carbocycles. The molecule has 25 heavy (non-hydrogen) atoms. The van der Waals surface area contributed by atoms with Gasteiger partial charge in [-0.1, -0.05) is 31.2 Å². The van der Waals surface area contributed by atoms with Gasteiger partial charge in [-0.25, -0.2) is 12.8 Å². The van der Waals surface area contributed by atoms with Crippen LogP contribution in [-0.4, -0.2) is 33.0 Å². The molecular formula is C19H23FN2O2S. The molecule has 2 aromatic rings. The maximum Gasteiger partial charge on any atom is 0.261 e. The fourth-order valence-corrected chi connectivity index (χ4v) is 4.26. The van der Waals surface area contributed by atoms with Crippen molar-refractivity contribution in [3.05, 3.63) is 59.7 Å². The van der Waals surface area contributed by atoms with Crippen molar-refractivity contribution < 1.29 is 12.8 Å². The van der Waals surface area contributed by atoms with E-state index in [4.69, 9.17) is 0 Å². The fraction of sp³-hybridized carbons (Fsp3) is 0.368. The zero-order valence-electron chi connectivity index (χ0n) is 14.3. The molecule has 6 heteroatoms. The number of halogens is 1. The quantitative estimate of drug-likeness (QED) is 0.816. The van der Waals surface area contributed by atoms with Gasteiger partial charge in [0.1, 0.15) is 6.67 Å². The summed E-state index contributed by atoms with van der Waals surface area (Å²) in [5, 5.41) is 0. The lowest BCUT2D eigenvalue weighted by atomic mass is 9.91. The van der Waals surface area contributed by atoms with E-state index in [1.165, 1.54) is 12.1 Å². The third kappa shape index (κ3) is 4.19. The van der Waals surface area contributed by atoms with E-state index in [2.05, 4.69) is 16.5 Å². The second-order valence-electron chi connectivity index (χ2n) is 6.47. The van der Waals surface area contributed by atoms with Gasteiger partial charge in [0.05, 0.1) is 4.90 Å². The molecule has 0 aliphatic carbocycles. The lowest BCUT2D eigenvalue weighted by Crippen LogP contribution is -2.45. The summed E-state index contributed by atoms with van der Waals surface area (Å²) in [5.41, 5.74) is 2.03. The van der Waals surface area contributed by atoms with E-state index in [1.54, 1.807) is 18.2 Å². The Kier molecular flexibility index (Phi) is 5.39. The number of nitrogens with zero attached hydrogens (tertiary/aromatic N) is 1. The van der Waals surface area contributed by atoms with Crippen LogP contribution in [-0.2, 0) is 16.7 Å². The minimum Gasteiger partial charge on any atom is -0.302 e. The van der Waals surface area contributed by atoms with Crippen molar-refractivity contribution in [1.29, 1.82) is 0 Å². The van der Waals surface area contributed by atoms with Crippen LogP contribution in [0, 0.1) is 0 Å². The molecule has 1 heterocycles. The van der Waals surface area contributed by atoms with E-state index in [1.807, 2.05) is 18.2 Å². The van der Waals surface area contributed by atoms with E-state index in [-0.39, 0.29) is 4.90 Å². The van der Waals surface area contributed by atoms with Crippen LogP contribution in [0.5, 0.6) is 0 Å². The van der Waals surface area contributed by atoms with Gasteiger partial charge in [-0.2, -0.15) is 0 Å². The summed E-state index contributed by atoms with van der Waals surface area (Å²) in [6.45, 7) is 4.62. The summed E-state index contributed by atoms with van der Waals surface area (Å²) in [6, 6.07) is 13.5. The Morgan fingerprint density at radius 2 is 1.92 bits per heavy atom. The van der Waals surface area contributed by atoms with Gasteiger partial charge >= 0.3 is 0 Å². The number of alkyl halides is 1. The number of anilines is 1. The Hall–Kier alpha value is -1.92. The van der Waals surface area contributed by atoms with Gasteiger partial charge in [-0.05, 0) is 48.4 Å². The summed E-state index contributed by atoms with van der Waals surface area (Å²) >= 11 is 0. The standard InChI is InChI=1S/C19H23FN2O2S/c1-2-9-22-13-17(14-22)16-6-4-7-18(11-16)21-25(23,24)19-8-3-5-15(10-19)12-20/h3-8,10-11,17,21H,2,9,12-14H2,1H3. The van der Waals surface area contributed by atoms with Crippen LogP contribution in [0.25, 0.3) is 0 Å². The topological polar surface area (TPSA) is 49.4 Å². The highest BCUT2D eigenvalue weighted by atomic mass is 32.2. The van der Waals surface area contributed by atoms with E-state index >= 15 is 0 Å². The molecular weight excluding hydrogens is 339 g/mol. The normalized spacial score (nSPS) is 15.8. The molecule has 0 amide bonds. The summed E-state index contributed by atoms with van der Waals surface area (Å²) in [5.74, 6) is 0.450. The van der Waals surface area contributed by atoms with E-state index in [0.29, 0.717) is 17.2 Å². The maximum atomic E-state index is 12.8. The molecule has 134 valence electrons. The second kappa shape index (κ2) is 7.54. The highest BCUT2D eigenvalue weighted by molar-refractivity contribution is 7.92. The van der Waals surface area contributed by atoms with Gasteiger partial charge in [0.25, 0.3) is 10.0 Å². The highest BCUT2D eigenvalue weighted by Crippen LogP contribution is 2.29. The van der Waals surface area contributed by atoms with Crippen LogP contribution in [0.4, 0.5) is 10.1 Å². The van der Waals surface area contributed by atoms with Crippen LogP contribution in [0.2, 0.25) is 0 Å². The molecule has 0 aromatic heterocycles. The largest absolute Gasteiger partial charge is 0.302 e. The molecule has 4 nitrogen and oxygen atoms in total. The Balaban J connectivity index is 1.73. The smallest absolute Gasteiger partial charge is 0.261 e. The monoisotopic (exact) mass is 362 g/mol. The first-order chi connectivity index (χ1) is 12.0. The Morgan fingerprint density at radius 3 is 2.64 bits per heavy atom. The number of sulfonamides is 1. The number of benzene rings is 2. The van der Waals surface area contributed by atoms with Gasteiger partial charge in [0.15, 0.2) is 0 Å². The zero-order valence-corrected chi connectivity index (χ0v) is 15.1.